The molecule has 4 rings (SSSR count). The molecule has 0 saturated heterocycles. The molecule has 154 valence electrons. The molecule has 2 N–H and O–H groups in total. The number of nitrogens with one attached hydrogen (secondary N) is 2. The van der Waals surface area contributed by atoms with Gasteiger partial charge in [0.25, 0.3) is 0 Å². The van der Waals surface area contributed by atoms with Crippen LogP contribution in [-0.2, 0) is 11.2 Å². The molecule has 2 saturated carbocycles. The van der Waals surface area contributed by atoms with Crippen molar-refractivity contribution < 1.29 is 4.74 Å². The van der Waals surface area contributed by atoms with Gasteiger partial charge in [-0.1, -0.05) is 12.5 Å². The molecule has 2 aliphatic rings. The lowest BCUT2D eigenvalue weighted by molar-refractivity contribution is -0.168. The van der Waals surface area contributed by atoms with Gasteiger partial charge in [-0.15, -0.1) is 34.2 Å². The molecule has 0 radical (unpaired) electrons. The van der Waals surface area contributed by atoms with E-state index in [2.05, 4.69) is 34.7 Å². The SMILES string of the molecule is CCNC(=NCCc1nnc2ccccn12)NC1CC(OCC)C12CCC2.I. The fourth-order valence-electron chi connectivity index (χ4n) is 4.45. The average Bonchev–Trinajstić information content (AvgIpc) is 3.02. The van der Waals surface area contributed by atoms with Gasteiger partial charge in [0.1, 0.15) is 5.82 Å². The predicted molar refractivity (Wildman–Crippen MR) is 121 cm³/mol. The van der Waals surface area contributed by atoms with Crippen molar-refractivity contribution in [2.45, 2.75) is 58.1 Å². The minimum absolute atomic E-state index is 0. The van der Waals surface area contributed by atoms with Crippen LogP contribution >= 0.6 is 24.0 Å². The first-order valence-corrected chi connectivity index (χ1v) is 10.2. The lowest BCUT2D eigenvalue weighted by atomic mass is 9.51. The summed E-state index contributed by atoms with van der Waals surface area (Å²) in [5.41, 5.74) is 1.21. The van der Waals surface area contributed by atoms with Gasteiger partial charge in [0.05, 0.1) is 6.10 Å². The number of aromatic nitrogens is 3. The van der Waals surface area contributed by atoms with Crippen LogP contribution in [0.2, 0.25) is 0 Å². The summed E-state index contributed by atoms with van der Waals surface area (Å²) in [5, 5.41) is 15.6. The van der Waals surface area contributed by atoms with E-state index >= 15 is 0 Å². The van der Waals surface area contributed by atoms with Gasteiger partial charge in [0, 0.05) is 43.8 Å². The fourth-order valence-corrected chi connectivity index (χ4v) is 4.45. The third-order valence-electron chi connectivity index (χ3n) is 6.08. The predicted octanol–water partition coefficient (Wildman–Crippen LogP) is 2.79. The number of aliphatic imine (C=N–C) groups is 1. The van der Waals surface area contributed by atoms with E-state index in [-0.39, 0.29) is 24.0 Å². The fraction of sp³-hybridized carbons (Fsp3) is 0.650. The Bertz CT molecular complexity index is 803. The lowest BCUT2D eigenvalue weighted by Gasteiger charge is -2.61. The van der Waals surface area contributed by atoms with Crippen molar-refractivity contribution >= 4 is 35.6 Å². The maximum absolute atomic E-state index is 5.96. The number of hydrogen-bond acceptors (Lipinski definition) is 4. The molecule has 2 aromatic heterocycles. The van der Waals surface area contributed by atoms with Crippen LogP contribution in [-0.4, -0.2) is 52.4 Å². The van der Waals surface area contributed by atoms with Crippen molar-refractivity contribution in [1.29, 1.82) is 0 Å². The van der Waals surface area contributed by atoms with Crippen molar-refractivity contribution in [3.05, 3.63) is 30.2 Å². The Kier molecular flexibility index (Phi) is 7.14. The minimum atomic E-state index is 0. The molecular formula is C20H31IN6O. The maximum atomic E-state index is 5.96. The van der Waals surface area contributed by atoms with Crippen LogP contribution in [0.3, 0.4) is 0 Å². The molecule has 28 heavy (non-hydrogen) atoms. The maximum Gasteiger partial charge on any atom is 0.191 e. The normalized spacial score (nSPS) is 23.0. The van der Waals surface area contributed by atoms with E-state index in [1.807, 2.05) is 28.8 Å². The monoisotopic (exact) mass is 498 g/mol. The highest BCUT2D eigenvalue weighted by molar-refractivity contribution is 14.0. The van der Waals surface area contributed by atoms with Crippen LogP contribution in [0.4, 0.5) is 0 Å². The molecule has 2 atom stereocenters. The smallest absolute Gasteiger partial charge is 0.191 e. The highest BCUT2D eigenvalue weighted by Crippen LogP contribution is 2.57. The summed E-state index contributed by atoms with van der Waals surface area (Å²) in [6.45, 7) is 6.53. The average molecular weight is 498 g/mol. The molecule has 0 aliphatic heterocycles. The van der Waals surface area contributed by atoms with Crippen LogP contribution in [0, 0.1) is 5.41 Å². The highest BCUT2D eigenvalue weighted by Gasteiger charge is 2.59. The van der Waals surface area contributed by atoms with Crippen LogP contribution in [0.5, 0.6) is 0 Å². The van der Waals surface area contributed by atoms with Gasteiger partial charge in [-0.05, 0) is 45.2 Å². The number of fused-ring (bicyclic) bond motifs is 1. The molecular weight excluding hydrogens is 467 g/mol. The molecule has 2 unspecified atom stereocenters. The summed E-state index contributed by atoms with van der Waals surface area (Å²) in [6.07, 6.45) is 8.10. The van der Waals surface area contributed by atoms with Crippen molar-refractivity contribution in [1.82, 2.24) is 25.2 Å². The molecule has 0 amide bonds. The quantitative estimate of drug-likeness (QED) is 0.349. The first kappa shape index (κ1) is 21.3. The highest BCUT2D eigenvalue weighted by atomic mass is 127. The van der Waals surface area contributed by atoms with Gasteiger partial charge < -0.3 is 15.4 Å². The summed E-state index contributed by atoms with van der Waals surface area (Å²) < 4.78 is 7.99. The molecule has 2 aliphatic carbocycles. The Morgan fingerprint density at radius 2 is 2.18 bits per heavy atom. The topological polar surface area (TPSA) is 75.8 Å². The first-order chi connectivity index (χ1) is 13.3. The Hall–Kier alpha value is -1.42. The zero-order valence-electron chi connectivity index (χ0n) is 16.7. The number of pyridine rings is 1. The Morgan fingerprint density at radius 1 is 1.32 bits per heavy atom. The molecule has 1 spiro atoms. The second-order valence-corrected chi connectivity index (χ2v) is 7.52. The molecule has 0 aromatic carbocycles. The van der Waals surface area contributed by atoms with Crippen LogP contribution in [0.1, 0.15) is 45.4 Å². The second-order valence-electron chi connectivity index (χ2n) is 7.52. The van der Waals surface area contributed by atoms with Gasteiger partial charge in [0.2, 0.25) is 0 Å². The molecule has 2 aromatic rings. The van der Waals surface area contributed by atoms with Crippen molar-refractivity contribution in [2.75, 3.05) is 19.7 Å². The Labute approximate surface area is 183 Å². The molecule has 7 nitrogen and oxygen atoms in total. The van der Waals surface area contributed by atoms with Crippen molar-refractivity contribution in [2.24, 2.45) is 10.4 Å². The van der Waals surface area contributed by atoms with Gasteiger partial charge in [-0.2, -0.15) is 0 Å². The van der Waals surface area contributed by atoms with Crippen molar-refractivity contribution in [3.63, 3.8) is 0 Å². The molecule has 2 heterocycles. The summed E-state index contributed by atoms with van der Waals surface area (Å²) in [6, 6.07) is 6.41. The first-order valence-electron chi connectivity index (χ1n) is 10.2. The van der Waals surface area contributed by atoms with Crippen LogP contribution in [0.15, 0.2) is 29.4 Å². The van der Waals surface area contributed by atoms with E-state index in [0.29, 0.717) is 24.1 Å². The van der Waals surface area contributed by atoms with Crippen molar-refractivity contribution in [3.8, 4) is 0 Å². The molecule has 8 heteroatoms. The number of hydrogen-bond donors (Lipinski definition) is 2. The Morgan fingerprint density at radius 3 is 2.89 bits per heavy atom. The van der Waals surface area contributed by atoms with E-state index in [9.17, 15) is 0 Å². The number of nitrogens with zero attached hydrogens (tertiary/aromatic N) is 4. The molecule has 2 fully saturated rings. The number of halogens is 1. The number of ether oxygens (including phenoxy) is 1. The van der Waals surface area contributed by atoms with Gasteiger partial charge >= 0.3 is 0 Å². The summed E-state index contributed by atoms with van der Waals surface area (Å²) in [5.74, 6) is 1.85. The van der Waals surface area contributed by atoms with Gasteiger partial charge in [-0.3, -0.25) is 9.39 Å². The zero-order chi connectivity index (χ0) is 18.7. The minimum Gasteiger partial charge on any atom is -0.378 e. The largest absolute Gasteiger partial charge is 0.378 e. The van der Waals surface area contributed by atoms with E-state index in [1.54, 1.807) is 0 Å². The number of guanidine groups is 1. The Balaban J connectivity index is 0.00000225. The van der Waals surface area contributed by atoms with Gasteiger partial charge in [-0.25, -0.2) is 0 Å². The van der Waals surface area contributed by atoms with Gasteiger partial charge in [0.15, 0.2) is 11.6 Å². The standard InChI is InChI=1S/C20H30N6O.HI/c1-3-21-19(23-15-14-16(27-4-2)20(15)10-7-11-20)22-12-9-18-25-24-17-8-5-6-13-26(17)18;/h5-6,8,13,15-16H,3-4,7,9-12,14H2,1-2H3,(H2,21,22,23);1H. The summed E-state index contributed by atoms with van der Waals surface area (Å²) >= 11 is 0. The third kappa shape index (κ3) is 3.98. The summed E-state index contributed by atoms with van der Waals surface area (Å²) in [7, 11) is 0. The zero-order valence-corrected chi connectivity index (χ0v) is 19.1. The van der Waals surface area contributed by atoms with E-state index < -0.39 is 0 Å². The van der Waals surface area contributed by atoms with Crippen LogP contribution in [0.25, 0.3) is 5.65 Å². The second kappa shape index (κ2) is 9.39. The molecule has 0 bridgehead atoms. The number of rotatable bonds is 7. The van der Waals surface area contributed by atoms with E-state index in [1.165, 1.54) is 19.3 Å². The van der Waals surface area contributed by atoms with Crippen LogP contribution < -0.4 is 10.6 Å². The lowest BCUT2D eigenvalue weighted by Crippen LogP contribution is -2.68. The van der Waals surface area contributed by atoms with E-state index in [4.69, 9.17) is 9.73 Å². The third-order valence-corrected chi connectivity index (χ3v) is 6.08. The summed E-state index contributed by atoms with van der Waals surface area (Å²) in [4.78, 5) is 4.78. The van der Waals surface area contributed by atoms with E-state index in [0.717, 1.165) is 43.4 Å².